The molecule has 3 aromatic rings. The number of rotatable bonds is 4. The molecule has 0 bridgehead atoms. The highest BCUT2D eigenvalue weighted by Crippen LogP contribution is 2.24. The van der Waals surface area contributed by atoms with Crippen molar-refractivity contribution in [2.45, 2.75) is 13.0 Å². The van der Waals surface area contributed by atoms with Gasteiger partial charge >= 0.3 is 6.09 Å². The maximum atomic E-state index is 11.1. The zero-order valence-electron chi connectivity index (χ0n) is 13.6. The van der Waals surface area contributed by atoms with Crippen molar-refractivity contribution in [1.29, 1.82) is 0 Å². The van der Waals surface area contributed by atoms with Crippen molar-refractivity contribution in [3.05, 3.63) is 52.4 Å². The van der Waals surface area contributed by atoms with E-state index in [1.54, 1.807) is 12.4 Å². The van der Waals surface area contributed by atoms with Gasteiger partial charge < -0.3 is 14.4 Å². The molecule has 0 radical (unpaired) electrons. The van der Waals surface area contributed by atoms with Crippen LogP contribution < -0.4 is 5.43 Å². The Labute approximate surface area is 152 Å². The Balaban J connectivity index is 1.39. The lowest BCUT2D eigenvalue weighted by atomic mass is 10.2. The van der Waals surface area contributed by atoms with Gasteiger partial charge in [0.05, 0.1) is 30.3 Å². The summed E-state index contributed by atoms with van der Waals surface area (Å²) >= 11 is 1.47. The van der Waals surface area contributed by atoms with Crippen LogP contribution in [0.15, 0.2) is 46.4 Å². The van der Waals surface area contributed by atoms with Crippen molar-refractivity contribution in [2.75, 3.05) is 12.0 Å². The fourth-order valence-electron chi connectivity index (χ4n) is 2.66. The maximum Gasteiger partial charge on any atom is 0.407 e. The molecule has 0 saturated carbocycles. The van der Waals surface area contributed by atoms with Gasteiger partial charge in [-0.05, 0) is 24.3 Å². The summed E-state index contributed by atoms with van der Waals surface area (Å²) in [5.74, 6) is 0.712. The molecule has 1 amide bonds. The molecule has 1 aliphatic rings. The zero-order valence-corrected chi connectivity index (χ0v) is 14.4. The topological polar surface area (TPSA) is 104 Å². The number of nitrogens with one attached hydrogen (secondary N) is 1. The van der Waals surface area contributed by atoms with Crippen molar-refractivity contribution in [3.8, 4) is 11.3 Å². The molecule has 0 unspecified atom stereocenters. The Bertz CT molecular complexity index is 934. The molecule has 8 nitrogen and oxygen atoms in total. The normalized spacial score (nSPS) is 13.8. The molecule has 4 rings (SSSR count). The van der Waals surface area contributed by atoms with Crippen LogP contribution >= 0.6 is 11.3 Å². The summed E-state index contributed by atoms with van der Waals surface area (Å²) in [5.41, 5.74) is 5.70. The number of carbonyl (C=O) groups is 1. The molecular formula is C17H15N5O3S. The number of hydrogen-bond acceptors (Lipinski definition) is 7. The number of aromatic nitrogens is 2. The van der Waals surface area contributed by atoms with Crippen LogP contribution in [0.1, 0.15) is 15.6 Å². The first-order valence-corrected chi connectivity index (χ1v) is 8.75. The van der Waals surface area contributed by atoms with Crippen molar-refractivity contribution in [1.82, 2.24) is 14.9 Å². The minimum absolute atomic E-state index is 0.396. The molecule has 0 spiro atoms. The summed E-state index contributed by atoms with van der Waals surface area (Å²) in [4.78, 5) is 21.9. The first-order chi connectivity index (χ1) is 12.7. The van der Waals surface area contributed by atoms with Gasteiger partial charge in [-0.3, -0.25) is 5.43 Å². The monoisotopic (exact) mass is 369 g/mol. The van der Waals surface area contributed by atoms with Crippen LogP contribution in [0, 0.1) is 0 Å². The van der Waals surface area contributed by atoms with Gasteiger partial charge in [0.2, 0.25) is 0 Å². The van der Waals surface area contributed by atoms with Gasteiger partial charge in [0.1, 0.15) is 5.01 Å². The second-order valence-electron chi connectivity index (χ2n) is 5.69. The first-order valence-electron chi connectivity index (χ1n) is 7.93. The third-order valence-corrected chi connectivity index (χ3v) is 5.01. The summed E-state index contributed by atoms with van der Waals surface area (Å²) in [6, 6.07) is 7.63. The SMILES string of the molecule is O=C(O)N1CCc2nc(C=NNc3ccc(-c4cnco4)cc3)sc2C1. The van der Waals surface area contributed by atoms with Crippen LogP contribution in [-0.4, -0.2) is 38.8 Å². The van der Waals surface area contributed by atoms with Gasteiger partial charge in [-0.1, -0.05) is 0 Å². The highest BCUT2D eigenvalue weighted by Gasteiger charge is 2.23. The molecule has 3 heterocycles. The van der Waals surface area contributed by atoms with Crippen LogP contribution in [0.3, 0.4) is 0 Å². The van der Waals surface area contributed by atoms with E-state index in [1.165, 1.54) is 22.6 Å². The van der Waals surface area contributed by atoms with Crippen LogP contribution in [0.2, 0.25) is 0 Å². The van der Waals surface area contributed by atoms with Crippen LogP contribution in [0.4, 0.5) is 10.5 Å². The van der Waals surface area contributed by atoms with E-state index in [-0.39, 0.29) is 0 Å². The smallest absolute Gasteiger partial charge is 0.407 e. The average molecular weight is 369 g/mol. The number of nitrogens with zero attached hydrogens (tertiary/aromatic N) is 4. The Morgan fingerprint density at radius 1 is 1.38 bits per heavy atom. The molecule has 0 aliphatic carbocycles. The standard InChI is InChI=1S/C17H15N5O3S/c23-17(24)22-6-5-13-15(9-22)26-16(20-13)8-19-21-12-3-1-11(2-4-12)14-7-18-10-25-14/h1-4,7-8,10,21H,5-6,9H2,(H,23,24). The number of benzene rings is 1. The molecule has 2 aromatic heterocycles. The number of anilines is 1. The van der Waals surface area contributed by atoms with Crippen molar-refractivity contribution in [3.63, 3.8) is 0 Å². The summed E-state index contributed by atoms with van der Waals surface area (Å²) in [6.45, 7) is 0.880. The second-order valence-corrected chi connectivity index (χ2v) is 6.80. The predicted molar refractivity (Wildman–Crippen MR) is 97.4 cm³/mol. The van der Waals surface area contributed by atoms with E-state index in [4.69, 9.17) is 9.52 Å². The number of thiazole rings is 1. The minimum Gasteiger partial charge on any atom is -0.465 e. The van der Waals surface area contributed by atoms with E-state index in [2.05, 4.69) is 20.5 Å². The molecule has 1 aliphatic heterocycles. The van der Waals surface area contributed by atoms with E-state index >= 15 is 0 Å². The number of fused-ring (bicyclic) bond motifs is 1. The lowest BCUT2D eigenvalue weighted by Crippen LogP contribution is -2.34. The molecule has 132 valence electrons. The quantitative estimate of drug-likeness (QED) is 0.540. The third-order valence-electron chi connectivity index (χ3n) is 3.99. The van der Waals surface area contributed by atoms with Gasteiger partial charge in [0, 0.05) is 23.4 Å². The zero-order chi connectivity index (χ0) is 17.9. The van der Waals surface area contributed by atoms with E-state index in [1.807, 2.05) is 24.3 Å². The van der Waals surface area contributed by atoms with E-state index < -0.39 is 6.09 Å². The Hall–Kier alpha value is -3.20. The van der Waals surface area contributed by atoms with Crippen molar-refractivity contribution >= 4 is 29.3 Å². The van der Waals surface area contributed by atoms with E-state index in [0.717, 1.165) is 26.8 Å². The Kier molecular flexibility index (Phi) is 4.36. The van der Waals surface area contributed by atoms with Crippen molar-refractivity contribution in [2.24, 2.45) is 5.10 Å². The Morgan fingerprint density at radius 2 is 2.23 bits per heavy atom. The molecule has 9 heteroatoms. The van der Waals surface area contributed by atoms with E-state index in [9.17, 15) is 4.79 Å². The number of hydrogen-bond donors (Lipinski definition) is 2. The molecule has 26 heavy (non-hydrogen) atoms. The van der Waals surface area contributed by atoms with Gasteiger partial charge in [0.15, 0.2) is 12.2 Å². The molecule has 0 atom stereocenters. The largest absolute Gasteiger partial charge is 0.465 e. The lowest BCUT2D eigenvalue weighted by Gasteiger charge is -2.22. The number of hydrazone groups is 1. The molecule has 2 N–H and O–H groups in total. The fraction of sp³-hybridized carbons (Fsp3) is 0.176. The summed E-state index contributed by atoms with van der Waals surface area (Å²) < 4.78 is 5.25. The molecule has 1 aromatic carbocycles. The summed E-state index contributed by atoms with van der Waals surface area (Å²) in [6.07, 6.45) is 4.46. The maximum absolute atomic E-state index is 11.1. The molecule has 0 fully saturated rings. The van der Waals surface area contributed by atoms with Gasteiger partial charge in [-0.15, -0.1) is 11.3 Å². The third kappa shape index (κ3) is 3.42. The van der Waals surface area contributed by atoms with Crippen molar-refractivity contribution < 1.29 is 14.3 Å². The predicted octanol–water partition coefficient (Wildman–Crippen LogP) is 3.28. The highest BCUT2D eigenvalue weighted by atomic mass is 32.1. The van der Waals surface area contributed by atoms with Gasteiger partial charge in [0.25, 0.3) is 0 Å². The van der Waals surface area contributed by atoms with Gasteiger partial charge in [-0.25, -0.2) is 14.8 Å². The molecule has 0 saturated heterocycles. The lowest BCUT2D eigenvalue weighted by molar-refractivity contribution is 0.140. The van der Waals surface area contributed by atoms with Crippen LogP contribution in [0.5, 0.6) is 0 Å². The number of carboxylic acid groups (broad SMARTS) is 1. The molecular weight excluding hydrogens is 354 g/mol. The Morgan fingerprint density at radius 3 is 2.96 bits per heavy atom. The van der Waals surface area contributed by atoms with E-state index in [0.29, 0.717) is 25.3 Å². The van der Waals surface area contributed by atoms with Crippen LogP contribution in [-0.2, 0) is 13.0 Å². The number of amides is 1. The highest BCUT2D eigenvalue weighted by molar-refractivity contribution is 7.13. The van der Waals surface area contributed by atoms with Gasteiger partial charge in [-0.2, -0.15) is 5.10 Å². The minimum atomic E-state index is -0.894. The first kappa shape index (κ1) is 16.3. The fourth-order valence-corrected chi connectivity index (χ4v) is 3.66. The summed E-state index contributed by atoms with van der Waals surface area (Å²) in [5, 5.41) is 14.0. The average Bonchev–Trinajstić information content (AvgIpc) is 3.31. The number of oxazole rings is 1. The second kappa shape index (κ2) is 6.96. The van der Waals surface area contributed by atoms with Crippen LogP contribution in [0.25, 0.3) is 11.3 Å². The summed E-state index contributed by atoms with van der Waals surface area (Å²) in [7, 11) is 0.